The van der Waals surface area contributed by atoms with E-state index >= 15 is 0 Å². The molecular formula is C7H13NO. The Labute approximate surface area is 56.0 Å². The second-order valence-corrected chi connectivity index (χ2v) is 2.22. The smallest absolute Gasteiger partial charge is 0.217 e. The second kappa shape index (κ2) is 4.13. The van der Waals surface area contributed by atoms with Crippen molar-refractivity contribution in [3.05, 3.63) is 11.6 Å². The molecule has 0 aromatic carbocycles. The van der Waals surface area contributed by atoms with E-state index in [0.717, 1.165) is 0 Å². The number of allylic oxidation sites excluding steroid dienone is 1. The molecule has 0 rings (SSSR count). The van der Waals surface area contributed by atoms with Crippen molar-refractivity contribution in [3.8, 4) is 0 Å². The molecule has 0 radical (unpaired) electrons. The fourth-order valence-corrected chi connectivity index (χ4v) is 0.399. The Hall–Kier alpha value is -0.790. The van der Waals surface area contributed by atoms with E-state index in [0.29, 0.717) is 6.54 Å². The molecule has 0 saturated carbocycles. The summed E-state index contributed by atoms with van der Waals surface area (Å²) in [5.74, 6) is 0.0208. The van der Waals surface area contributed by atoms with Gasteiger partial charge < -0.3 is 5.32 Å². The van der Waals surface area contributed by atoms with Gasteiger partial charge in [-0.15, -0.1) is 0 Å². The summed E-state index contributed by atoms with van der Waals surface area (Å²) in [5.41, 5.74) is 1.23. The molecule has 2 nitrogen and oxygen atoms in total. The average Bonchev–Trinajstić information content (AvgIpc) is 1.63. The van der Waals surface area contributed by atoms with Gasteiger partial charge in [0.05, 0.1) is 0 Å². The molecule has 0 aromatic rings. The standard InChI is InChI=1S/C7H13NO/c1-6(2)4-5-8-7(3)9/h4H,5H2,1-3H3,(H,8,9). The minimum absolute atomic E-state index is 0.0208. The first kappa shape index (κ1) is 8.21. The zero-order chi connectivity index (χ0) is 7.28. The lowest BCUT2D eigenvalue weighted by atomic mass is 10.3. The van der Waals surface area contributed by atoms with Crippen LogP contribution in [0.5, 0.6) is 0 Å². The van der Waals surface area contributed by atoms with Crippen LogP contribution in [0.2, 0.25) is 0 Å². The van der Waals surface area contributed by atoms with Gasteiger partial charge in [0.2, 0.25) is 5.91 Å². The van der Waals surface area contributed by atoms with Crippen molar-refractivity contribution in [1.82, 2.24) is 5.32 Å². The molecule has 9 heavy (non-hydrogen) atoms. The number of hydrogen-bond donors (Lipinski definition) is 1. The van der Waals surface area contributed by atoms with Crippen molar-refractivity contribution < 1.29 is 4.79 Å². The summed E-state index contributed by atoms with van der Waals surface area (Å²) in [5, 5.41) is 2.66. The van der Waals surface area contributed by atoms with Gasteiger partial charge in [-0.2, -0.15) is 0 Å². The molecule has 1 amide bonds. The number of carbonyl (C=O) groups excluding carboxylic acids is 1. The van der Waals surface area contributed by atoms with Gasteiger partial charge in [0.25, 0.3) is 0 Å². The maximum absolute atomic E-state index is 10.3. The van der Waals surface area contributed by atoms with E-state index in [1.54, 1.807) is 0 Å². The molecule has 0 aromatic heterocycles. The molecule has 0 bridgehead atoms. The minimum atomic E-state index is 0.0208. The molecule has 0 unspecified atom stereocenters. The third kappa shape index (κ3) is 7.21. The van der Waals surface area contributed by atoms with Crippen molar-refractivity contribution >= 4 is 5.91 Å². The van der Waals surface area contributed by atoms with Crippen LogP contribution < -0.4 is 5.32 Å². The normalized spacial score (nSPS) is 8.33. The predicted molar refractivity (Wildman–Crippen MR) is 38.1 cm³/mol. The lowest BCUT2D eigenvalue weighted by Crippen LogP contribution is -2.19. The zero-order valence-electron chi connectivity index (χ0n) is 6.19. The van der Waals surface area contributed by atoms with Crippen LogP contribution >= 0.6 is 0 Å². The number of rotatable bonds is 2. The van der Waals surface area contributed by atoms with Crippen LogP contribution in [0.3, 0.4) is 0 Å². The van der Waals surface area contributed by atoms with E-state index in [4.69, 9.17) is 0 Å². The minimum Gasteiger partial charge on any atom is -0.353 e. The Morgan fingerprint density at radius 3 is 2.33 bits per heavy atom. The lowest BCUT2D eigenvalue weighted by Gasteiger charge is -1.94. The highest BCUT2D eigenvalue weighted by Crippen LogP contribution is 1.84. The number of hydrogen-bond acceptors (Lipinski definition) is 1. The van der Waals surface area contributed by atoms with Crippen LogP contribution in [-0.2, 0) is 4.79 Å². The predicted octanol–water partition coefficient (Wildman–Crippen LogP) is 1.09. The van der Waals surface area contributed by atoms with Crippen molar-refractivity contribution in [2.45, 2.75) is 20.8 Å². The van der Waals surface area contributed by atoms with Gasteiger partial charge in [0.15, 0.2) is 0 Å². The first-order valence-electron chi connectivity index (χ1n) is 3.00. The molecule has 0 spiro atoms. The summed E-state index contributed by atoms with van der Waals surface area (Å²) in [6.07, 6.45) is 1.97. The Morgan fingerprint density at radius 1 is 1.44 bits per heavy atom. The summed E-state index contributed by atoms with van der Waals surface area (Å²) in [7, 11) is 0. The topological polar surface area (TPSA) is 29.1 Å². The molecule has 52 valence electrons. The molecule has 0 fully saturated rings. The lowest BCUT2D eigenvalue weighted by molar-refractivity contribution is -0.118. The SMILES string of the molecule is CC(=O)NCC=C(C)C. The van der Waals surface area contributed by atoms with Crippen molar-refractivity contribution in [2.24, 2.45) is 0 Å². The zero-order valence-corrected chi connectivity index (χ0v) is 6.19. The Balaban J connectivity index is 3.31. The molecule has 2 heteroatoms. The maximum Gasteiger partial charge on any atom is 0.217 e. The third-order valence-corrected chi connectivity index (χ3v) is 0.861. The number of carbonyl (C=O) groups is 1. The van der Waals surface area contributed by atoms with Crippen LogP contribution in [0.4, 0.5) is 0 Å². The van der Waals surface area contributed by atoms with Crippen LogP contribution in [0.25, 0.3) is 0 Å². The highest BCUT2D eigenvalue weighted by molar-refractivity contribution is 5.72. The molecule has 0 aliphatic heterocycles. The van der Waals surface area contributed by atoms with Gasteiger partial charge in [-0.3, -0.25) is 4.79 Å². The summed E-state index contributed by atoms with van der Waals surface area (Å²) < 4.78 is 0. The summed E-state index contributed by atoms with van der Waals surface area (Å²) in [6.45, 7) is 6.17. The van der Waals surface area contributed by atoms with Gasteiger partial charge >= 0.3 is 0 Å². The monoisotopic (exact) mass is 127 g/mol. The molecule has 0 saturated heterocycles. The van der Waals surface area contributed by atoms with E-state index in [1.165, 1.54) is 12.5 Å². The first-order valence-corrected chi connectivity index (χ1v) is 3.00. The van der Waals surface area contributed by atoms with Crippen LogP contribution in [0, 0.1) is 0 Å². The van der Waals surface area contributed by atoms with E-state index < -0.39 is 0 Å². The molecular weight excluding hydrogens is 114 g/mol. The first-order chi connectivity index (χ1) is 4.13. The van der Waals surface area contributed by atoms with Crippen molar-refractivity contribution in [3.63, 3.8) is 0 Å². The van der Waals surface area contributed by atoms with Gasteiger partial charge in [-0.1, -0.05) is 11.6 Å². The van der Waals surface area contributed by atoms with Crippen LogP contribution in [0.1, 0.15) is 20.8 Å². The molecule has 0 atom stereocenters. The Kier molecular flexibility index (Phi) is 3.76. The number of nitrogens with one attached hydrogen (secondary N) is 1. The molecule has 1 N–H and O–H groups in total. The molecule has 0 heterocycles. The highest BCUT2D eigenvalue weighted by atomic mass is 16.1. The Morgan fingerprint density at radius 2 is 2.00 bits per heavy atom. The van der Waals surface area contributed by atoms with Crippen LogP contribution in [-0.4, -0.2) is 12.5 Å². The van der Waals surface area contributed by atoms with Crippen LogP contribution in [0.15, 0.2) is 11.6 Å². The molecule has 0 aliphatic carbocycles. The van der Waals surface area contributed by atoms with Crippen molar-refractivity contribution in [2.75, 3.05) is 6.54 Å². The number of amides is 1. The van der Waals surface area contributed by atoms with E-state index in [1.807, 2.05) is 19.9 Å². The summed E-state index contributed by atoms with van der Waals surface area (Å²) in [4.78, 5) is 10.3. The average molecular weight is 127 g/mol. The van der Waals surface area contributed by atoms with E-state index in [9.17, 15) is 4.79 Å². The second-order valence-electron chi connectivity index (χ2n) is 2.22. The van der Waals surface area contributed by atoms with E-state index in [2.05, 4.69) is 5.32 Å². The fraction of sp³-hybridized carbons (Fsp3) is 0.571. The van der Waals surface area contributed by atoms with Gasteiger partial charge in [-0.05, 0) is 13.8 Å². The highest BCUT2D eigenvalue weighted by Gasteiger charge is 1.84. The molecule has 0 aliphatic rings. The maximum atomic E-state index is 10.3. The third-order valence-electron chi connectivity index (χ3n) is 0.861. The van der Waals surface area contributed by atoms with Gasteiger partial charge in [0, 0.05) is 13.5 Å². The van der Waals surface area contributed by atoms with Crippen molar-refractivity contribution in [1.29, 1.82) is 0 Å². The Bertz CT molecular complexity index is 123. The van der Waals surface area contributed by atoms with E-state index in [-0.39, 0.29) is 5.91 Å². The van der Waals surface area contributed by atoms with Gasteiger partial charge in [0.1, 0.15) is 0 Å². The fourth-order valence-electron chi connectivity index (χ4n) is 0.399. The summed E-state index contributed by atoms with van der Waals surface area (Å²) >= 11 is 0. The largest absolute Gasteiger partial charge is 0.353 e. The summed E-state index contributed by atoms with van der Waals surface area (Å²) in [6, 6.07) is 0. The van der Waals surface area contributed by atoms with Gasteiger partial charge in [-0.25, -0.2) is 0 Å². The quantitative estimate of drug-likeness (QED) is 0.553.